The number of hydrogen-bond donors (Lipinski definition) is 2. The van der Waals surface area contributed by atoms with Gasteiger partial charge in [-0.15, -0.1) is 0 Å². The second kappa shape index (κ2) is 5.98. The number of hydrogen-bond acceptors (Lipinski definition) is 2. The molecule has 20 heavy (non-hydrogen) atoms. The molecule has 0 heterocycles. The van der Waals surface area contributed by atoms with E-state index in [1.807, 2.05) is 0 Å². The third-order valence-electron chi connectivity index (χ3n) is 3.58. The van der Waals surface area contributed by atoms with E-state index in [0.717, 1.165) is 12.1 Å². The van der Waals surface area contributed by atoms with E-state index < -0.39 is 35.3 Å². The van der Waals surface area contributed by atoms with Gasteiger partial charge in [0.1, 0.15) is 11.6 Å². The van der Waals surface area contributed by atoms with Gasteiger partial charge < -0.3 is 10.4 Å². The van der Waals surface area contributed by atoms with Crippen LogP contribution in [-0.4, -0.2) is 17.0 Å². The van der Waals surface area contributed by atoms with E-state index in [1.54, 1.807) is 0 Å². The minimum absolute atomic E-state index is 0.0890. The van der Waals surface area contributed by atoms with E-state index in [0.29, 0.717) is 25.3 Å². The predicted octanol–water partition coefficient (Wildman–Crippen LogP) is 2.79. The first kappa shape index (κ1) is 14.4. The molecule has 1 aromatic carbocycles. The fourth-order valence-electron chi connectivity index (χ4n) is 2.48. The van der Waals surface area contributed by atoms with Gasteiger partial charge in [-0.2, -0.15) is 0 Å². The minimum Gasteiger partial charge on any atom is -0.481 e. The van der Waals surface area contributed by atoms with Crippen LogP contribution >= 0.6 is 0 Å². The number of halogens is 2. The second-order valence-electron chi connectivity index (χ2n) is 5.01. The van der Waals surface area contributed by atoms with Crippen molar-refractivity contribution in [3.8, 4) is 0 Å². The normalized spacial score (nSPS) is 22.3. The summed E-state index contributed by atoms with van der Waals surface area (Å²) < 4.78 is 26.2. The van der Waals surface area contributed by atoms with E-state index in [9.17, 15) is 18.4 Å². The van der Waals surface area contributed by atoms with Crippen molar-refractivity contribution >= 4 is 17.6 Å². The van der Waals surface area contributed by atoms with Crippen molar-refractivity contribution in [1.29, 1.82) is 0 Å². The Bertz CT molecular complexity index is 533. The largest absolute Gasteiger partial charge is 0.481 e. The molecule has 1 aliphatic carbocycles. The number of rotatable bonds is 3. The topological polar surface area (TPSA) is 66.4 Å². The average molecular weight is 283 g/mol. The van der Waals surface area contributed by atoms with Gasteiger partial charge in [0.05, 0.1) is 11.6 Å². The van der Waals surface area contributed by atoms with Crippen LogP contribution in [0.4, 0.5) is 14.5 Å². The number of carboxylic acids is 1. The molecule has 0 aromatic heterocycles. The molecular formula is C14H15F2NO3. The standard InChI is InChI=1S/C14H15F2NO3/c15-10-4-5-12(11(16)7-10)17-13(18)8-2-1-3-9(6-8)14(19)20/h4-5,7-9H,1-3,6H2,(H,17,18)(H,19,20). The van der Waals surface area contributed by atoms with Gasteiger partial charge in [-0.3, -0.25) is 9.59 Å². The van der Waals surface area contributed by atoms with Crippen molar-refractivity contribution in [2.75, 3.05) is 5.32 Å². The zero-order chi connectivity index (χ0) is 14.7. The molecular weight excluding hydrogens is 268 g/mol. The van der Waals surface area contributed by atoms with Crippen molar-refractivity contribution < 1.29 is 23.5 Å². The van der Waals surface area contributed by atoms with Gasteiger partial charge in [0, 0.05) is 12.0 Å². The number of carbonyl (C=O) groups excluding carboxylic acids is 1. The molecule has 1 aromatic rings. The molecule has 2 rings (SSSR count). The lowest BCUT2D eigenvalue weighted by atomic mass is 9.81. The van der Waals surface area contributed by atoms with Crippen molar-refractivity contribution in [2.45, 2.75) is 25.7 Å². The smallest absolute Gasteiger partial charge is 0.306 e. The Morgan fingerprint density at radius 1 is 1.20 bits per heavy atom. The molecule has 108 valence electrons. The first-order valence-corrected chi connectivity index (χ1v) is 6.46. The highest BCUT2D eigenvalue weighted by atomic mass is 19.1. The fraction of sp³-hybridized carbons (Fsp3) is 0.429. The van der Waals surface area contributed by atoms with Gasteiger partial charge in [0.15, 0.2) is 0 Å². The van der Waals surface area contributed by atoms with Gasteiger partial charge >= 0.3 is 5.97 Å². The van der Waals surface area contributed by atoms with Gasteiger partial charge in [0.25, 0.3) is 0 Å². The van der Waals surface area contributed by atoms with Crippen molar-refractivity contribution in [3.63, 3.8) is 0 Å². The molecule has 1 amide bonds. The second-order valence-corrected chi connectivity index (χ2v) is 5.01. The summed E-state index contributed by atoms with van der Waals surface area (Å²) in [7, 11) is 0. The molecule has 6 heteroatoms. The Labute approximate surface area is 114 Å². The van der Waals surface area contributed by atoms with Crippen LogP contribution in [-0.2, 0) is 9.59 Å². The van der Waals surface area contributed by atoms with E-state index in [2.05, 4.69) is 5.32 Å². The molecule has 0 radical (unpaired) electrons. The van der Waals surface area contributed by atoms with Crippen molar-refractivity contribution in [3.05, 3.63) is 29.8 Å². The van der Waals surface area contributed by atoms with Crippen LogP contribution in [0.25, 0.3) is 0 Å². The molecule has 2 N–H and O–H groups in total. The SMILES string of the molecule is O=C(O)C1CCCC(C(=O)Nc2ccc(F)cc2F)C1. The van der Waals surface area contributed by atoms with Crippen LogP contribution in [0, 0.1) is 23.5 Å². The summed E-state index contributed by atoms with van der Waals surface area (Å²) in [5.41, 5.74) is -0.0890. The third kappa shape index (κ3) is 3.31. The first-order chi connectivity index (χ1) is 9.47. The average Bonchev–Trinajstić information content (AvgIpc) is 2.42. The number of nitrogens with one attached hydrogen (secondary N) is 1. The summed E-state index contributed by atoms with van der Waals surface area (Å²) in [5, 5.41) is 11.4. The Hall–Kier alpha value is -1.98. The highest BCUT2D eigenvalue weighted by Crippen LogP contribution is 2.30. The number of carboxylic acid groups (broad SMARTS) is 1. The third-order valence-corrected chi connectivity index (χ3v) is 3.58. The highest BCUT2D eigenvalue weighted by Gasteiger charge is 2.31. The van der Waals surface area contributed by atoms with Gasteiger partial charge in [0.2, 0.25) is 5.91 Å². The monoisotopic (exact) mass is 283 g/mol. The lowest BCUT2D eigenvalue weighted by Gasteiger charge is -2.25. The highest BCUT2D eigenvalue weighted by molar-refractivity contribution is 5.93. The van der Waals surface area contributed by atoms with E-state index in [-0.39, 0.29) is 12.1 Å². The van der Waals surface area contributed by atoms with Crippen LogP contribution < -0.4 is 5.32 Å². The lowest BCUT2D eigenvalue weighted by Crippen LogP contribution is -2.31. The molecule has 0 spiro atoms. The van der Waals surface area contributed by atoms with Crippen LogP contribution in [0.5, 0.6) is 0 Å². The molecule has 1 aliphatic rings. The molecule has 0 saturated heterocycles. The molecule has 1 saturated carbocycles. The van der Waals surface area contributed by atoms with E-state index in [1.165, 1.54) is 0 Å². The molecule has 2 unspecified atom stereocenters. The quantitative estimate of drug-likeness (QED) is 0.896. The maximum atomic E-state index is 13.4. The number of benzene rings is 1. The summed E-state index contributed by atoms with van der Waals surface area (Å²) >= 11 is 0. The number of carbonyl (C=O) groups is 2. The van der Waals surface area contributed by atoms with E-state index in [4.69, 9.17) is 5.11 Å². The molecule has 4 nitrogen and oxygen atoms in total. The first-order valence-electron chi connectivity index (χ1n) is 6.46. The van der Waals surface area contributed by atoms with Crippen molar-refractivity contribution in [2.24, 2.45) is 11.8 Å². The molecule has 0 aliphatic heterocycles. The molecule has 2 atom stereocenters. The zero-order valence-corrected chi connectivity index (χ0v) is 10.7. The van der Waals surface area contributed by atoms with Crippen molar-refractivity contribution in [1.82, 2.24) is 0 Å². The summed E-state index contributed by atoms with van der Waals surface area (Å²) in [5.74, 6) is -3.86. The maximum absolute atomic E-state index is 13.4. The number of aliphatic carboxylic acids is 1. The van der Waals surface area contributed by atoms with Crippen LogP contribution in [0.1, 0.15) is 25.7 Å². The fourth-order valence-corrected chi connectivity index (χ4v) is 2.48. The Kier molecular flexibility index (Phi) is 4.32. The molecule has 0 bridgehead atoms. The van der Waals surface area contributed by atoms with Gasteiger partial charge in [-0.05, 0) is 31.4 Å². The number of amides is 1. The Morgan fingerprint density at radius 2 is 1.90 bits per heavy atom. The minimum atomic E-state index is -0.907. The summed E-state index contributed by atoms with van der Waals surface area (Å²) in [6, 6.07) is 2.90. The summed E-state index contributed by atoms with van der Waals surface area (Å²) in [6.45, 7) is 0. The van der Waals surface area contributed by atoms with Gasteiger partial charge in [-0.25, -0.2) is 8.78 Å². The van der Waals surface area contributed by atoms with Gasteiger partial charge in [-0.1, -0.05) is 6.42 Å². The number of anilines is 1. The lowest BCUT2D eigenvalue weighted by molar-refractivity contribution is -0.143. The Morgan fingerprint density at radius 3 is 2.55 bits per heavy atom. The Balaban J connectivity index is 2.02. The van der Waals surface area contributed by atoms with Crippen LogP contribution in [0.3, 0.4) is 0 Å². The maximum Gasteiger partial charge on any atom is 0.306 e. The van der Waals surface area contributed by atoms with E-state index >= 15 is 0 Å². The predicted molar refractivity (Wildman–Crippen MR) is 68.1 cm³/mol. The summed E-state index contributed by atoms with van der Waals surface area (Å²) in [6.07, 6.45) is 2.05. The van der Waals surface area contributed by atoms with Crippen LogP contribution in [0.15, 0.2) is 18.2 Å². The van der Waals surface area contributed by atoms with Crippen LogP contribution in [0.2, 0.25) is 0 Å². The zero-order valence-electron chi connectivity index (χ0n) is 10.7. The summed E-state index contributed by atoms with van der Waals surface area (Å²) in [4.78, 5) is 22.9. The molecule has 1 fully saturated rings.